The molecule has 4 heterocycles. The Labute approximate surface area is 573 Å². The van der Waals surface area contributed by atoms with Gasteiger partial charge in [0.05, 0.1) is 64.5 Å². The third kappa shape index (κ3) is 25.3. The fourth-order valence-electron chi connectivity index (χ4n) is 9.42. The van der Waals surface area contributed by atoms with Gasteiger partial charge in [0.2, 0.25) is 0 Å². The molecule has 3 aromatic carbocycles. The molecule has 24 heteroatoms. The highest BCUT2D eigenvalue weighted by molar-refractivity contribution is 9.10. The number of halogens is 5. The molecular weight excluding hydrogens is 1390 g/mol. The van der Waals surface area contributed by atoms with Gasteiger partial charge in [-0.3, -0.25) is 0 Å². The SMILES string of the molecule is C[Si](C)(C)CCOCn1cnc(-c2ccccc2Cl)c1C1CC1.C[Si](C)(C)CCOCn1cnc(Br)c1C1CC1.C[Si](C)(C)CCOCn1cnc(C2CC2)c1-c1ccccc1Cl.C[Si](C)(C)CCOCn1cnc(C2CC2)c1Br.OB(O)c1ccccc1Cl. The van der Waals surface area contributed by atoms with E-state index in [1.54, 1.807) is 24.3 Å². The van der Waals surface area contributed by atoms with E-state index in [4.69, 9.17) is 63.8 Å². The number of hydrogen-bond acceptors (Lipinski definition) is 10. The first kappa shape index (κ1) is 74.4. The van der Waals surface area contributed by atoms with Crippen LogP contribution in [0.3, 0.4) is 0 Å². The van der Waals surface area contributed by atoms with Gasteiger partial charge in [-0.2, -0.15) is 0 Å². The predicted molar refractivity (Wildman–Crippen MR) is 391 cm³/mol. The predicted octanol–water partition coefficient (Wildman–Crippen LogP) is 18.5. The molecule has 0 aliphatic heterocycles. The third-order valence-electron chi connectivity index (χ3n) is 15.6. The van der Waals surface area contributed by atoms with Crippen molar-refractivity contribution in [2.24, 2.45) is 0 Å². The number of rotatable bonds is 27. The van der Waals surface area contributed by atoms with Crippen LogP contribution < -0.4 is 5.46 Å². The van der Waals surface area contributed by atoms with E-state index in [0.717, 1.165) is 68.2 Å². The van der Waals surface area contributed by atoms with Crippen LogP contribution in [0.5, 0.6) is 0 Å². The van der Waals surface area contributed by atoms with Gasteiger partial charge in [0.1, 0.15) is 36.1 Å². The van der Waals surface area contributed by atoms with E-state index in [2.05, 4.69) is 155 Å². The molecule has 4 fully saturated rings. The van der Waals surface area contributed by atoms with Gasteiger partial charge in [0.25, 0.3) is 0 Å². The summed E-state index contributed by atoms with van der Waals surface area (Å²) in [5, 5.41) is 19.3. The van der Waals surface area contributed by atoms with Crippen molar-refractivity contribution in [3.63, 3.8) is 0 Å². The summed E-state index contributed by atoms with van der Waals surface area (Å²) >= 11 is 25.5. The molecule has 0 spiro atoms. The zero-order valence-electron chi connectivity index (χ0n) is 55.3. The van der Waals surface area contributed by atoms with E-state index in [0.29, 0.717) is 61.1 Å². The number of aromatic nitrogens is 8. The molecule has 0 unspecified atom stereocenters. The molecule has 0 atom stereocenters. The summed E-state index contributed by atoms with van der Waals surface area (Å²) < 4.78 is 33.9. The van der Waals surface area contributed by atoms with E-state index in [1.165, 1.54) is 98.3 Å². The lowest BCUT2D eigenvalue weighted by atomic mass is 9.80. The van der Waals surface area contributed by atoms with Gasteiger partial charge in [-0.15, -0.1) is 0 Å². The normalized spacial score (nSPS) is 15.0. The molecule has 11 rings (SSSR count). The standard InChI is InChI=1S/2C18H25ClN2OSi.2C12H21BrN2OSi.C6H6BClO2/c1-23(2,3)11-10-22-13-21-12-20-17(18(21)14-8-9-14)15-6-4-5-7-16(15)19;1-23(2,3)11-10-22-13-21-12-20-17(14-8-9-14)18(21)15-6-4-5-7-16(15)19;1-17(2,3)7-6-16-9-15-8-14-12(13)11(15)10-4-5-10;1-17(2,3)7-6-16-9-15-8-14-11(12(15)13)10-4-5-10;8-6-4-2-1-3-5(6)7(9)10/h2*4-7,12,14H,8-11,13H2,1-3H3;2*8,10H,4-7,9H2,1-3H3;1-4,9-10H. The van der Waals surface area contributed by atoms with Gasteiger partial charge in [0.15, 0.2) is 0 Å². The molecule has 0 bridgehead atoms. The van der Waals surface area contributed by atoms with E-state index < -0.39 is 39.4 Å². The lowest BCUT2D eigenvalue weighted by Gasteiger charge is -2.16. The topological polar surface area (TPSA) is 149 Å². The summed E-state index contributed by atoms with van der Waals surface area (Å²) in [5.41, 5.74) is 9.55. The average molecular weight is 1490 g/mol. The molecule has 90 heavy (non-hydrogen) atoms. The smallest absolute Gasteiger partial charge is 0.423 e. The summed E-state index contributed by atoms with van der Waals surface area (Å²) in [6.07, 6.45) is 17.6. The summed E-state index contributed by atoms with van der Waals surface area (Å²) in [6, 6.07) is 27.4. The Morgan fingerprint density at radius 3 is 1.26 bits per heavy atom. The van der Waals surface area contributed by atoms with Crippen molar-refractivity contribution in [3.8, 4) is 22.5 Å². The minimum absolute atomic E-state index is 0.337. The Kier molecular flexibility index (Phi) is 28.6. The van der Waals surface area contributed by atoms with Gasteiger partial charge >= 0.3 is 7.12 Å². The number of nitrogens with zero attached hydrogens (tertiary/aromatic N) is 8. The largest absolute Gasteiger partial charge is 0.489 e. The number of imidazole rings is 4. The van der Waals surface area contributed by atoms with Crippen LogP contribution in [0.2, 0.25) is 118 Å². The molecule has 4 aliphatic rings. The summed E-state index contributed by atoms with van der Waals surface area (Å²) in [7, 11) is -5.52. The molecular formula is C66H98BBr2Cl3N8O6Si4. The van der Waals surface area contributed by atoms with Crippen molar-refractivity contribution < 1.29 is 29.0 Å². The zero-order valence-corrected chi connectivity index (χ0v) is 64.7. The van der Waals surface area contributed by atoms with Crippen LogP contribution in [0.15, 0.2) is 107 Å². The first-order valence-corrected chi connectivity index (χ1v) is 49.5. The van der Waals surface area contributed by atoms with Crippen molar-refractivity contribution in [1.82, 2.24) is 38.2 Å². The van der Waals surface area contributed by atoms with Gasteiger partial charge in [-0.05, 0) is 126 Å². The third-order valence-corrected chi connectivity index (χ3v) is 24.9. The summed E-state index contributed by atoms with van der Waals surface area (Å²) in [6.45, 7) is 34.2. The summed E-state index contributed by atoms with van der Waals surface area (Å²) in [4.78, 5) is 18.1. The second-order valence-corrected chi connectivity index (χ2v) is 54.2. The van der Waals surface area contributed by atoms with E-state index >= 15 is 0 Å². The van der Waals surface area contributed by atoms with E-state index in [-0.39, 0.29) is 0 Å². The monoisotopic (exact) mass is 1480 g/mol. The maximum atomic E-state index is 8.68. The Morgan fingerprint density at radius 1 is 0.444 bits per heavy atom. The highest BCUT2D eigenvalue weighted by atomic mass is 79.9. The van der Waals surface area contributed by atoms with Crippen LogP contribution in [-0.2, 0) is 45.9 Å². The molecule has 492 valence electrons. The first-order valence-electron chi connectivity index (χ1n) is 32.0. The van der Waals surface area contributed by atoms with Crippen LogP contribution in [0, 0.1) is 0 Å². The van der Waals surface area contributed by atoms with Crippen molar-refractivity contribution >= 4 is 112 Å². The fraction of sp³-hybridized carbons (Fsp3) is 0.545. The Bertz CT molecular complexity index is 3330. The van der Waals surface area contributed by atoms with Gasteiger partial charge in [0, 0.05) is 109 Å². The molecule has 7 aromatic rings. The number of hydrogen-bond donors (Lipinski definition) is 2. The molecule has 4 aromatic heterocycles. The number of ether oxygens (including phenoxy) is 4. The Morgan fingerprint density at radius 2 is 0.811 bits per heavy atom. The van der Waals surface area contributed by atoms with Crippen LogP contribution in [0.25, 0.3) is 22.5 Å². The highest BCUT2D eigenvalue weighted by Gasteiger charge is 2.34. The lowest BCUT2D eigenvalue weighted by Crippen LogP contribution is -2.30. The molecule has 4 aliphatic carbocycles. The minimum atomic E-state index is -1.48. The van der Waals surface area contributed by atoms with Gasteiger partial charge in [-0.1, -0.05) is 168 Å². The Balaban J connectivity index is 0.000000164. The number of benzene rings is 3. The lowest BCUT2D eigenvalue weighted by molar-refractivity contribution is 0.0852. The molecule has 2 N–H and O–H groups in total. The van der Waals surface area contributed by atoms with Gasteiger partial charge < -0.3 is 47.3 Å². The highest BCUT2D eigenvalue weighted by Crippen LogP contribution is 2.47. The van der Waals surface area contributed by atoms with Crippen LogP contribution >= 0.6 is 66.7 Å². The first-order chi connectivity index (χ1) is 42.6. The molecule has 0 radical (unpaired) electrons. The van der Waals surface area contributed by atoms with Gasteiger partial charge in [-0.25, -0.2) is 19.9 Å². The maximum Gasteiger partial charge on any atom is 0.489 e. The zero-order chi connectivity index (χ0) is 65.4. The van der Waals surface area contributed by atoms with Crippen LogP contribution in [0.1, 0.15) is 97.8 Å². The van der Waals surface area contributed by atoms with Crippen molar-refractivity contribution in [2.45, 2.75) is 205 Å². The van der Waals surface area contributed by atoms with Crippen LogP contribution in [0.4, 0.5) is 0 Å². The second-order valence-electron chi connectivity index (χ2n) is 29.0. The maximum absolute atomic E-state index is 8.68. The van der Waals surface area contributed by atoms with Crippen molar-refractivity contribution in [1.29, 1.82) is 0 Å². The fourth-order valence-corrected chi connectivity index (χ4v) is 14.4. The molecule has 0 saturated heterocycles. The van der Waals surface area contributed by atoms with Crippen LogP contribution in [-0.4, -0.2) is 114 Å². The second kappa shape index (κ2) is 34.6. The van der Waals surface area contributed by atoms with E-state index in [9.17, 15) is 0 Å². The Hall–Kier alpha value is -2.98. The average Bonchev–Trinajstić information content (AvgIpc) is 1.68. The minimum Gasteiger partial charge on any atom is -0.423 e. The quantitative estimate of drug-likeness (QED) is 0.0376. The molecule has 14 nitrogen and oxygen atoms in total. The van der Waals surface area contributed by atoms with E-state index in [1.807, 2.05) is 67.8 Å². The van der Waals surface area contributed by atoms with Crippen molar-refractivity contribution in [2.75, 3.05) is 26.4 Å². The molecule has 4 saturated carbocycles. The molecule has 0 amide bonds. The van der Waals surface area contributed by atoms with Crippen molar-refractivity contribution in [3.05, 3.63) is 145 Å². The summed E-state index contributed by atoms with van der Waals surface area (Å²) in [5.74, 6) is 2.58.